The van der Waals surface area contributed by atoms with Gasteiger partial charge in [-0.1, -0.05) is 24.3 Å². The maximum absolute atomic E-state index is 14.8. The lowest BCUT2D eigenvalue weighted by atomic mass is 10.0. The van der Waals surface area contributed by atoms with Gasteiger partial charge in [-0.05, 0) is 53.6 Å². The number of halogens is 1. The molecular formula is C24H15FN6O. The summed E-state index contributed by atoms with van der Waals surface area (Å²) in [6.45, 7) is 0. The average Bonchev–Trinajstić information content (AvgIpc) is 2.80. The minimum Gasteiger partial charge on any atom is -0.436 e. The number of hydrogen-bond acceptors (Lipinski definition) is 7. The number of anilines is 3. The molecule has 0 saturated heterocycles. The first-order chi connectivity index (χ1) is 15.6. The summed E-state index contributed by atoms with van der Waals surface area (Å²) in [5, 5.41) is 21.1. The molecule has 4 rings (SSSR count). The fraction of sp³-hybridized carbons (Fsp3) is 0. The van der Waals surface area contributed by atoms with Gasteiger partial charge >= 0.3 is 0 Å². The molecule has 3 aromatic carbocycles. The van der Waals surface area contributed by atoms with Crippen LogP contribution < -0.4 is 15.8 Å². The lowest BCUT2D eigenvalue weighted by Crippen LogP contribution is -2.02. The molecule has 0 atom stereocenters. The first kappa shape index (κ1) is 20.3. The Morgan fingerprint density at radius 1 is 0.906 bits per heavy atom. The van der Waals surface area contributed by atoms with Crippen molar-refractivity contribution in [2.75, 3.05) is 11.1 Å². The van der Waals surface area contributed by atoms with E-state index >= 15 is 0 Å². The van der Waals surface area contributed by atoms with Crippen LogP contribution in [0.1, 0.15) is 11.1 Å². The molecule has 0 radical (unpaired) electrons. The quantitative estimate of drug-likeness (QED) is 0.456. The highest BCUT2D eigenvalue weighted by Gasteiger charge is 2.12. The molecule has 0 bridgehead atoms. The number of nitrogens with zero attached hydrogens (tertiary/aromatic N) is 4. The van der Waals surface area contributed by atoms with Crippen molar-refractivity contribution in [2.24, 2.45) is 0 Å². The normalized spacial score (nSPS) is 10.1. The predicted octanol–water partition coefficient (Wildman–Crippen LogP) is 5.14. The summed E-state index contributed by atoms with van der Waals surface area (Å²) in [5.41, 5.74) is 8.63. The van der Waals surface area contributed by atoms with E-state index in [1.165, 1.54) is 18.2 Å². The van der Waals surface area contributed by atoms with Gasteiger partial charge in [-0.25, -0.2) is 4.39 Å². The van der Waals surface area contributed by atoms with Gasteiger partial charge in [0.15, 0.2) is 11.6 Å². The lowest BCUT2D eigenvalue weighted by Gasteiger charge is -2.11. The van der Waals surface area contributed by atoms with Crippen LogP contribution in [0.5, 0.6) is 11.6 Å². The molecule has 0 saturated carbocycles. The highest BCUT2D eigenvalue weighted by Crippen LogP contribution is 2.31. The van der Waals surface area contributed by atoms with E-state index < -0.39 is 5.82 Å². The van der Waals surface area contributed by atoms with Crippen molar-refractivity contribution in [3.63, 3.8) is 0 Å². The molecule has 0 spiro atoms. The van der Waals surface area contributed by atoms with Gasteiger partial charge in [0, 0.05) is 11.8 Å². The van der Waals surface area contributed by atoms with E-state index in [0.717, 1.165) is 0 Å². The third-order valence-corrected chi connectivity index (χ3v) is 4.50. The van der Waals surface area contributed by atoms with Crippen LogP contribution in [0.25, 0.3) is 11.1 Å². The van der Waals surface area contributed by atoms with Gasteiger partial charge in [0.25, 0.3) is 0 Å². The summed E-state index contributed by atoms with van der Waals surface area (Å²) in [4.78, 5) is 8.31. The largest absolute Gasteiger partial charge is 0.436 e. The Morgan fingerprint density at radius 3 is 2.41 bits per heavy atom. The Balaban J connectivity index is 1.57. The highest BCUT2D eigenvalue weighted by molar-refractivity contribution is 5.71. The van der Waals surface area contributed by atoms with Crippen LogP contribution in [0.3, 0.4) is 0 Å². The number of aromatic nitrogens is 2. The van der Waals surface area contributed by atoms with E-state index in [9.17, 15) is 9.65 Å². The number of ether oxygens (including phenoxy) is 1. The van der Waals surface area contributed by atoms with Gasteiger partial charge in [0.1, 0.15) is 5.82 Å². The molecule has 0 unspecified atom stereocenters. The number of nitrogens with one attached hydrogen (secondary N) is 1. The van der Waals surface area contributed by atoms with Crippen molar-refractivity contribution in [1.82, 2.24) is 9.97 Å². The number of rotatable bonds is 5. The fourth-order valence-electron chi connectivity index (χ4n) is 3.00. The highest BCUT2D eigenvalue weighted by atomic mass is 19.1. The second-order valence-electron chi connectivity index (χ2n) is 6.67. The standard InChI is InChI=1S/C24H15FN6O/c25-20-11-16(19-4-2-1-3-17(19)14-27)7-10-21(20)32-23-12-22(28)30-24(31-23)29-18-8-5-15(13-26)6-9-18/h1-12H,(H3,28,29,30,31). The van der Waals surface area contributed by atoms with Gasteiger partial charge in [-0.2, -0.15) is 20.5 Å². The molecule has 3 N–H and O–H groups in total. The Bertz CT molecular complexity index is 1370. The summed E-state index contributed by atoms with van der Waals surface area (Å²) in [6.07, 6.45) is 0. The molecule has 154 valence electrons. The molecule has 0 aliphatic heterocycles. The van der Waals surface area contributed by atoms with Crippen LogP contribution in [-0.2, 0) is 0 Å². The number of nitriles is 2. The van der Waals surface area contributed by atoms with E-state index in [1.807, 2.05) is 6.07 Å². The lowest BCUT2D eigenvalue weighted by molar-refractivity contribution is 0.428. The second-order valence-corrected chi connectivity index (χ2v) is 6.67. The zero-order valence-corrected chi connectivity index (χ0v) is 16.6. The Labute approximate surface area is 183 Å². The molecule has 4 aromatic rings. The van der Waals surface area contributed by atoms with E-state index in [2.05, 4.69) is 21.4 Å². The number of hydrogen-bond donors (Lipinski definition) is 2. The third-order valence-electron chi connectivity index (χ3n) is 4.50. The monoisotopic (exact) mass is 422 g/mol. The SMILES string of the molecule is N#Cc1ccc(Nc2nc(N)cc(Oc3ccc(-c4ccccc4C#N)cc3F)n2)cc1. The Morgan fingerprint density at radius 2 is 1.69 bits per heavy atom. The molecule has 0 fully saturated rings. The van der Waals surface area contributed by atoms with Gasteiger partial charge in [-0.15, -0.1) is 0 Å². The van der Waals surface area contributed by atoms with Crippen LogP contribution in [-0.4, -0.2) is 9.97 Å². The average molecular weight is 422 g/mol. The maximum Gasteiger partial charge on any atom is 0.232 e. The van der Waals surface area contributed by atoms with Crippen molar-refractivity contribution >= 4 is 17.5 Å². The summed E-state index contributed by atoms with van der Waals surface area (Å²) in [5.74, 6) is -0.326. The number of benzene rings is 3. The van der Waals surface area contributed by atoms with Crippen LogP contribution >= 0.6 is 0 Å². The maximum atomic E-state index is 14.8. The van der Waals surface area contributed by atoms with Crippen LogP contribution in [0.15, 0.2) is 72.8 Å². The van der Waals surface area contributed by atoms with Gasteiger partial charge < -0.3 is 15.8 Å². The summed E-state index contributed by atoms with van der Waals surface area (Å²) >= 11 is 0. The van der Waals surface area contributed by atoms with Crippen molar-refractivity contribution in [3.8, 4) is 34.9 Å². The van der Waals surface area contributed by atoms with Crippen LogP contribution in [0, 0.1) is 28.5 Å². The van der Waals surface area contributed by atoms with Crippen LogP contribution in [0.2, 0.25) is 0 Å². The second kappa shape index (κ2) is 8.82. The molecule has 32 heavy (non-hydrogen) atoms. The first-order valence-corrected chi connectivity index (χ1v) is 9.44. The minimum atomic E-state index is -0.617. The van der Waals surface area contributed by atoms with Crippen molar-refractivity contribution in [2.45, 2.75) is 0 Å². The molecule has 1 aromatic heterocycles. The molecule has 0 aliphatic rings. The smallest absolute Gasteiger partial charge is 0.232 e. The molecule has 8 heteroatoms. The van der Waals surface area contributed by atoms with Gasteiger partial charge in [0.05, 0.1) is 23.3 Å². The number of nitrogens with two attached hydrogens (primary N) is 1. The minimum absolute atomic E-state index is 0.0504. The fourth-order valence-corrected chi connectivity index (χ4v) is 3.00. The van der Waals surface area contributed by atoms with Gasteiger partial charge in [0.2, 0.25) is 11.8 Å². The van der Waals surface area contributed by atoms with E-state index in [0.29, 0.717) is 27.9 Å². The van der Waals surface area contributed by atoms with Crippen molar-refractivity contribution in [3.05, 3.63) is 89.7 Å². The summed E-state index contributed by atoms with van der Waals surface area (Å²) < 4.78 is 20.4. The molecule has 0 aliphatic carbocycles. The Hall–Kier alpha value is -4.95. The topological polar surface area (TPSA) is 121 Å². The van der Waals surface area contributed by atoms with E-state index in [-0.39, 0.29) is 23.4 Å². The predicted molar refractivity (Wildman–Crippen MR) is 118 cm³/mol. The molecule has 1 heterocycles. The van der Waals surface area contributed by atoms with Crippen molar-refractivity contribution in [1.29, 1.82) is 10.5 Å². The molecule has 0 amide bonds. The summed E-state index contributed by atoms with van der Waals surface area (Å²) in [6, 6.07) is 23.6. The van der Waals surface area contributed by atoms with Crippen molar-refractivity contribution < 1.29 is 9.13 Å². The van der Waals surface area contributed by atoms with E-state index in [1.54, 1.807) is 54.6 Å². The zero-order chi connectivity index (χ0) is 22.5. The molecular weight excluding hydrogens is 407 g/mol. The van der Waals surface area contributed by atoms with Gasteiger partial charge in [-0.3, -0.25) is 0 Å². The third kappa shape index (κ3) is 4.45. The summed E-state index contributed by atoms with van der Waals surface area (Å²) in [7, 11) is 0. The number of nitrogen functional groups attached to an aromatic ring is 1. The molecule has 7 nitrogen and oxygen atoms in total. The zero-order valence-electron chi connectivity index (χ0n) is 16.6. The Kier molecular flexibility index (Phi) is 5.60. The van der Waals surface area contributed by atoms with Crippen LogP contribution in [0.4, 0.5) is 21.8 Å². The van der Waals surface area contributed by atoms with E-state index in [4.69, 9.17) is 15.7 Å². The first-order valence-electron chi connectivity index (χ1n) is 9.44.